The third-order valence-electron chi connectivity index (χ3n) is 6.00. The van der Waals surface area contributed by atoms with E-state index in [4.69, 9.17) is 4.74 Å². The van der Waals surface area contributed by atoms with E-state index in [1.165, 1.54) is 10.6 Å². The lowest BCUT2D eigenvalue weighted by Crippen LogP contribution is -2.29. The van der Waals surface area contributed by atoms with Gasteiger partial charge in [0, 0.05) is 23.2 Å². The smallest absolute Gasteiger partial charge is 0.420 e. The topological polar surface area (TPSA) is 80.6 Å². The zero-order valence-electron chi connectivity index (χ0n) is 20.0. The highest BCUT2D eigenvalue weighted by Gasteiger charge is 2.30. The maximum absolute atomic E-state index is 13.5. The molecule has 1 unspecified atom stereocenters. The molecule has 0 amide bonds. The molecule has 0 aliphatic heterocycles. The molecule has 1 aromatic heterocycles. The van der Waals surface area contributed by atoms with Crippen molar-refractivity contribution in [2.75, 3.05) is 0 Å². The van der Waals surface area contributed by atoms with Gasteiger partial charge in [-0.2, -0.15) is 13.2 Å². The molecule has 0 saturated heterocycles. The Labute approximate surface area is 211 Å². The fourth-order valence-corrected chi connectivity index (χ4v) is 4.37. The number of aliphatic carboxylic acids is 1. The number of carbonyl (C=O) groups excluding carboxylic acids is 1. The maximum atomic E-state index is 13.5. The number of nitrogens with one attached hydrogen (secondary N) is 1. The van der Waals surface area contributed by atoms with E-state index in [1.54, 1.807) is 60.7 Å². The Bertz CT molecular complexity index is 1410. The molecule has 6 nitrogen and oxygen atoms in total. The first-order valence-electron chi connectivity index (χ1n) is 11.7. The summed E-state index contributed by atoms with van der Waals surface area (Å²) >= 11 is 0. The molecule has 37 heavy (non-hydrogen) atoms. The van der Waals surface area contributed by atoms with Crippen molar-refractivity contribution in [1.82, 2.24) is 9.88 Å². The SMILES string of the molecule is CCc1c(CC(=O)O)c2ccccc2n1C(=O)OC(NCc1cccc(C(F)(F)F)c1)c1ccccc1. The normalized spacial score (nSPS) is 12.4. The molecule has 0 aliphatic carbocycles. The van der Waals surface area contributed by atoms with Crippen LogP contribution in [0.4, 0.5) is 18.0 Å². The summed E-state index contributed by atoms with van der Waals surface area (Å²) in [5.74, 6) is -1.02. The highest BCUT2D eigenvalue weighted by Crippen LogP contribution is 2.31. The number of ether oxygens (including phenoxy) is 1. The molecule has 1 atom stereocenters. The predicted octanol–water partition coefficient (Wildman–Crippen LogP) is 6.32. The summed E-state index contributed by atoms with van der Waals surface area (Å²) in [5, 5.41) is 13.1. The second-order valence-corrected chi connectivity index (χ2v) is 8.46. The van der Waals surface area contributed by atoms with Gasteiger partial charge in [-0.1, -0.05) is 73.7 Å². The molecule has 3 aromatic carbocycles. The monoisotopic (exact) mass is 510 g/mol. The van der Waals surface area contributed by atoms with Crippen molar-refractivity contribution < 1.29 is 32.6 Å². The van der Waals surface area contributed by atoms with Gasteiger partial charge >= 0.3 is 18.2 Å². The summed E-state index contributed by atoms with van der Waals surface area (Å²) in [6, 6.07) is 20.7. The average molecular weight is 511 g/mol. The van der Waals surface area contributed by atoms with Crippen molar-refractivity contribution in [3.8, 4) is 0 Å². The molecule has 4 aromatic rings. The van der Waals surface area contributed by atoms with E-state index in [2.05, 4.69) is 5.32 Å². The Balaban J connectivity index is 1.66. The van der Waals surface area contributed by atoms with Crippen LogP contribution in [0.2, 0.25) is 0 Å². The number of fused-ring (bicyclic) bond motifs is 1. The Morgan fingerprint density at radius 2 is 1.70 bits per heavy atom. The van der Waals surface area contributed by atoms with Gasteiger partial charge in [0.05, 0.1) is 17.5 Å². The number of carboxylic acid groups (broad SMARTS) is 1. The minimum Gasteiger partial charge on any atom is -0.481 e. The molecule has 4 rings (SSSR count). The van der Waals surface area contributed by atoms with Gasteiger partial charge in [-0.05, 0) is 29.7 Å². The van der Waals surface area contributed by atoms with E-state index in [0.717, 1.165) is 12.1 Å². The third kappa shape index (κ3) is 5.83. The Morgan fingerprint density at radius 1 is 1.00 bits per heavy atom. The summed E-state index contributed by atoms with van der Waals surface area (Å²) in [7, 11) is 0. The van der Waals surface area contributed by atoms with E-state index in [9.17, 15) is 27.9 Å². The van der Waals surface area contributed by atoms with Crippen molar-refractivity contribution in [1.29, 1.82) is 0 Å². The highest BCUT2D eigenvalue weighted by molar-refractivity contribution is 5.95. The van der Waals surface area contributed by atoms with E-state index in [1.807, 2.05) is 6.92 Å². The van der Waals surface area contributed by atoms with E-state index in [0.29, 0.717) is 39.7 Å². The lowest BCUT2D eigenvalue weighted by Gasteiger charge is -2.21. The molecule has 0 spiro atoms. The molecule has 0 bridgehead atoms. The van der Waals surface area contributed by atoms with Crippen LogP contribution in [0, 0.1) is 0 Å². The minimum atomic E-state index is -4.47. The Morgan fingerprint density at radius 3 is 2.38 bits per heavy atom. The van der Waals surface area contributed by atoms with Crippen LogP contribution in [0.5, 0.6) is 0 Å². The number of nitrogens with zero attached hydrogens (tertiary/aromatic N) is 1. The molecule has 2 N–H and O–H groups in total. The molecular formula is C28H25F3N2O4. The van der Waals surface area contributed by atoms with Crippen LogP contribution in [-0.4, -0.2) is 21.7 Å². The molecular weight excluding hydrogens is 485 g/mol. The number of hydrogen-bond acceptors (Lipinski definition) is 4. The van der Waals surface area contributed by atoms with Gasteiger partial charge in [0.15, 0.2) is 6.23 Å². The highest BCUT2D eigenvalue weighted by atomic mass is 19.4. The van der Waals surface area contributed by atoms with Gasteiger partial charge < -0.3 is 9.84 Å². The second kappa shape index (κ2) is 10.9. The maximum Gasteiger partial charge on any atom is 0.420 e. The summed E-state index contributed by atoms with van der Waals surface area (Å²) in [6.45, 7) is 1.83. The van der Waals surface area contributed by atoms with Crippen molar-refractivity contribution >= 4 is 23.0 Å². The Kier molecular flexibility index (Phi) is 7.63. The first-order chi connectivity index (χ1) is 17.7. The fourth-order valence-electron chi connectivity index (χ4n) is 4.37. The zero-order valence-corrected chi connectivity index (χ0v) is 20.0. The van der Waals surface area contributed by atoms with Crippen LogP contribution >= 0.6 is 0 Å². The molecule has 0 saturated carbocycles. The number of benzene rings is 3. The van der Waals surface area contributed by atoms with Crippen LogP contribution in [-0.2, 0) is 35.1 Å². The number of halogens is 3. The second-order valence-electron chi connectivity index (χ2n) is 8.46. The number of hydrogen-bond donors (Lipinski definition) is 2. The van der Waals surface area contributed by atoms with Gasteiger partial charge in [0.2, 0.25) is 0 Å². The first-order valence-corrected chi connectivity index (χ1v) is 11.7. The van der Waals surface area contributed by atoms with Gasteiger partial charge in [-0.15, -0.1) is 0 Å². The predicted molar refractivity (Wildman–Crippen MR) is 132 cm³/mol. The standard InChI is InChI=1S/C28H25F3N2O4/c1-2-23-22(16-25(34)35)21-13-6-7-14-24(21)33(23)27(36)37-26(19-10-4-3-5-11-19)32-17-18-9-8-12-20(15-18)28(29,30)31/h3-15,26,32H,2,16-17H2,1H3,(H,34,35). The van der Waals surface area contributed by atoms with Gasteiger partial charge in [-0.25, -0.2) is 9.36 Å². The van der Waals surface area contributed by atoms with Crippen molar-refractivity contribution in [2.45, 2.75) is 38.7 Å². The van der Waals surface area contributed by atoms with Crippen molar-refractivity contribution in [2.24, 2.45) is 0 Å². The number of aromatic nitrogens is 1. The van der Waals surface area contributed by atoms with Gasteiger partial charge in [0.1, 0.15) is 0 Å². The summed E-state index contributed by atoms with van der Waals surface area (Å²) < 4.78 is 46.7. The fraction of sp³-hybridized carbons (Fsp3) is 0.214. The third-order valence-corrected chi connectivity index (χ3v) is 6.00. The number of alkyl halides is 3. The van der Waals surface area contributed by atoms with E-state index >= 15 is 0 Å². The van der Waals surface area contributed by atoms with Crippen LogP contribution < -0.4 is 5.32 Å². The number of rotatable bonds is 8. The number of carboxylic acids is 1. The summed E-state index contributed by atoms with van der Waals surface area (Å²) in [5.41, 5.74) is 1.79. The van der Waals surface area contributed by atoms with E-state index < -0.39 is 30.0 Å². The molecule has 0 radical (unpaired) electrons. The molecule has 0 fully saturated rings. The Hall–Kier alpha value is -4.11. The van der Waals surface area contributed by atoms with Crippen molar-refractivity contribution in [3.63, 3.8) is 0 Å². The molecule has 9 heteroatoms. The lowest BCUT2D eigenvalue weighted by molar-refractivity contribution is -0.138. The lowest BCUT2D eigenvalue weighted by atomic mass is 10.1. The van der Waals surface area contributed by atoms with Crippen LogP contribution in [0.15, 0.2) is 78.9 Å². The molecule has 192 valence electrons. The van der Waals surface area contributed by atoms with E-state index in [-0.39, 0.29) is 13.0 Å². The zero-order chi connectivity index (χ0) is 26.6. The van der Waals surface area contributed by atoms with Crippen LogP contribution in [0.3, 0.4) is 0 Å². The summed E-state index contributed by atoms with van der Waals surface area (Å²) in [6.07, 6.45) is -6.03. The first kappa shape index (κ1) is 26.0. The molecule has 1 heterocycles. The quantitative estimate of drug-likeness (QED) is 0.271. The average Bonchev–Trinajstić information content (AvgIpc) is 3.19. The van der Waals surface area contributed by atoms with Gasteiger partial charge in [-0.3, -0.25) is 10.1 Å². The van der Waals surface area contributed by atoms with Gasteiger partial charge in [0.25, 0.3) is 0 Å². The van der Waals surface area contributed by atoms with Crippen molar-refractivity contribution in [3.05, 3.63) is 107 Å². The molecule has 0 aliphatic rings. The largest absolute Gasteiger partial charge is 0.481 e. The summed E-state index contributed by atoms with van der Waals surface area (Å²) in [4.78, 5) is 25.0. The number of carbonyl (C=O) groups is 2. The van der Waals surface area contributed by atoms with Crippen LogP contribution in [0.1, 0.15) is 41.1 Å². The van der Waals surface area contributed by atoms with Crippen LogP contribution in [0.25, 0.3) is 10.9 Å². The number of para-hydroxylation sites is 1. The minimum absolute atomic E-state index is 0.00802.